The molecule has 0 amide bonds. The minimum absolute atomic E-state index is 0.460. The Kier molecular flexibility index (Phi) is 4.85. The van der Waals surface area contributed by atoms with Crippen molar-refractivity contribution >= 4 is 0 Å². The molecule has 2 fully saturated rings. The van der Waals surface area contributed by atoms with Crippen LogP contribution in [0.4, 0.5) is 0 Å². The van der Waals surface area contributed by atoms with Crippen LogP contribution in [0.2, 0.25) is 0 Å². The predicted octanol–water partition coefficient (Wildman–Crippen LogP) is 2.24. The maximum atomic E-state index is 5.96. The highest BCUT2D eigenvalue weighted by Gasteiger charge is 2.33. The summed E-state index contributed by atoms with van der Waals surface area (Å²) in [6.45, 7) is 3.04. The summed E-state index contributed by atoms with van der Waals surface area (Å²) in [4.78, 5) is 2.63. The van der Waals surface area contributed by atoms with Gasteiger partial charge in [-0.2, -0.15) is 4.68 Å². The van der Waals surface area contributed by atoms with E-state index in [0.717, 1.165) is 44.0 Å². The lowest BCUT2D eigenvalue weighted by atomic mass is 9.90. The first-order valence-corrected chi connectivity index (χ1v) is 9.10. The maximum absolute atomic E-state index is 5.96. The van der Waals surface area contributed by atoms with E-state index in [1.54, 1.807) is 0 Å². The van der Waals surface area contributed by atoms with Crippen molar-refractivity contribution in [2.24, 2.45) is 0 Å². The third-order valence-electron chi connectivity index (χ3n) is 5.23. The first-order chi connectivity index (χ1) is 11.9. The Morgan fingerprint density at radius 3 is 2.92 bits per heavy atom. The van der Waals surface area contributed by atoms with Gasteiger partial charge >= 0.3 is 0 Å². The van der Waals surface area contributed by atoms with E-state index < -0.39 is 0 Å². The lowest BCUT2D eigenvalue weighted by Crippen LogP contribution is -2.52. The minimum atomic E-state index is 0.460. The van der Waals surface area contributed by atoms with Crippen molar-refractivity contribution in [3.05, 3.63) is 36.2 Å². The average Bonchev–Trinajstić information content (AvgIpc) is 3.11. The number of hydrogen-bond donors (Lipinski definition) is 0. The lowest BCUT2D eigenvalue weighted by Gasteiger charge is -2.43. The molecule has 0 unspecified atom stereocenters. The second-order valence-corrected chi connectivity index (χ2v) is 6.74. The number of benzene rings is 1. The number of tetrazole rings is 1. The van der Waals surface area contributed by atoms with Gasteiger partial charge in [-0.15, -0.1) is 5.10 Å². The van der Waals surface area contributed by atoms with Gasteiger partial charge in [0.2, 0.25) is 0 Å². The number of ether oxygens (including phenoxy) is 1. The van der Waals surface area contributed by atoms with Gasteiger partial charge in [0.25, 0.3) is 0 Å². The predicted molar refractivity (Wildman–Crippen MR) is 91.0 cm³/mol. The molecule has 2 aliphatic rings. The summed E-state index contributed by atoms with van der Waals surface area (Å²) in [5.41, 5.74) is 1.02. The van der Waals surface area contributed by atoms with Gasteiger partial charge in [0, 0.05) is 19.0 Å². The summed E-state index contributed by atoms with van der Waals surface area (Å²) in [5.74, 6) is 0.939. The molecule has 1 aromatic carbocycles. The fourth-order valence-electron chi connectivity index (χ4n) is 4.03. The topological polar surface area (TPSA) is 56.1 Å². The molecule has 0 spiro atoms. The molecule has 1 aliphatic heterocycles. The molecular weight excluding hydrogens is 302 g/mol. The minimum Gasteiger partial charge on any atom is -0.375 e. The summed E-state index contributed by atoms with van der Waals surface area (Å²) < 4.78 is 7.81. The lowest BCUT2D eigenvalue weighted by molar-refractivity contribution is -0.0881. The van der Waals surface area contributed by atoms with Crippen molar-refractivity contribution in [3.63, 3.8) is 0 Å². The van der Waals surface area contributed by atoms with Crippen molar-refractivity contribution in [1.29, 1.82) is 0 Å². The number of aromatic nitrogens is 4. The number of nitrogens with zero attached hydrogens (tertiary/aromatic N) is 5. The standard InChI is InChI=1S/C18H25N5O/c1-2-7-15(8-3-1)23-18(19-20-21-23)11-6-12-22-13-14-24-17-10-5-4-9-16(17)22/h1-3,7-8,16-17H,4-6,9-14H2/t16-,17-/m0/s1. The van der Waals surface area contributed by atoms with Crippen molar-refractivity contribution in [2.75, 3.05) is 19.7 Å². The van der Waals surface area contributed by atoms with Crippen LogP contribution in [0.25, 0.3) is 5.69 Å². The van der Waals surface area contributed by atoms with E-state index in [2.05, 4.69) is 20.4 Å². The number of hydrogen-bond acceptors (Lipinski definition) is 5. The van der Waals surface area contributed by atoms with Crippen LogP contribution in [-0.4, -0.2) is 56.9 Å². The van der Waals surface area contributed by atoms with E-state index in [4.69, 9.17) is 4.74 Å². The van der Waals surface area contributed by atoms with Crippen LogP contribution in [0.3, 0.4) is 0 Å². The molecule has 6 nitrogen and oxygen atoms in total. The van der Waals surface area contributed by atoms with Crippen LogP contribution >= 0.6 is 0 Å². The SMILES string of the molecule is c1ccc(-n2nnnc2CCCN2CCO[C@H]3CCCC[C@@H]32)cc1. The van der Waals surface area contributed by atoms with E-state index in [1.807, 2.05) is 35.0 Å². The Bertz CT molecular complexity index is 642. The first kappa shape index (κ1) is 15.7. The quantitative estimate of drug-likeness (QED) is 0.843. The van der Waals surface area contributed by atoms with Crippen molar-refractivity contribution in [1.82, 2.24) is 25.1 Å². The van der Waals surface area contributed by atoms with Crippen LogP contribution in [0, 0.1) is 0 Å². The number of morpholine rings is 1. The summed E-state index contributed by atoms with van der Waals surface area (Å²) in [5, 5.41) is 12.2. The highest BCUT2D eigenvalue weighted by atomic mass is 16.5. The monoisotopic (exact) mass is 327 g/mol. The highest BCUT2D eigenvalue weighted by Crippen LogP contribution is 2.28. The number of aryl methyl sites for hydroxylation is 1. The number of fused-ring (bicyclic) bond motifs is 1. The Labute approximate surface area is 142 Å². The Balaban J connectivity index is 1.35. The molecule has 1 saturated heterocycles. The molecule has 0 N–H and O–H groups in total. The molecule has 128 valence electrons. The Morgan fingerprint density at radius 1 is 1.12 bits per heavy atom. The van der Waals surface area contributed by atoms with Gasteiger partial charge in [0.05, 0.1) is 18.4 Å². The number of para-hydroxylation sites is 1. The van der Waals surface area contributed by atoms with Crippen molar-refractivity contribution in [3.8, 4) is 5.69 Å². The molecule has 1 saturated carbocycles. The van der Waals surface area contributed by atoms with Gasteiger partial charge in [-0.05, 0) is 48.4 Å². The van der Waals surface area contributed by atoms with Crippen molar-refractivity contribution in [2.45, 2.75) is 50.7 Å². The normalized spacial score (nSPS) is 24.7. The van der Waals surface area contributed by atoms with Gasteiger partial charge in [-0.3, -0.25) is 4.90 Å². The van der Waals surface area contributed by atoms with E-state index in [-0.39, 0.29) is 0 Å². The average molecular weight is 327 g/mol. The molecule has 6 heteroatoms. The summed E-state index contributed by atoms with van der Waals surface area (Å²) in [7, 11) is 0. The van der Waals surface area contributed by atoms with E-state index in [0.29, 0.717) is 12.1 Å². The molecule has 2 atom stereocenters. The smallest absolute Gasteiger partial charge is 0.156 e. The van der Waals surface area contributed by atoms with Crippen LogP contribution in [0.5, 0.6) is 0 Å². The largest absolute Gasteiger partial charge is 0.375 e. The van der Waals surface area contributed by atoms with Gasteiger partial charge in [0.1, 0.15) is 0 Å². The summed E-state index contributed by atoms with van der Waals surface area (Å²) in [6, 6.07) is 10.7. The van der Waals surface area contributed by atoms with Gasteiger partial charge in [-0.25, -0.2) is 0 Å². The van der Waals surface area contributed by atoms with E-state index in [9.17, 15) is 0 Å². The van der Waals surface area contributed by atoms with Crippen LogP contribution in [-0.2, 0) is 11.2 Å². The molecule has 1 aromatic heterocycles. The molecule has 1 aliphatic carbocycles. The van der Waals surface area contributed by atoms with Crippen molar-refractivity contribution < 1.29 is 4.74 Å². The first-order valence-electron chi connectivity index (χ1n) is 9.10. The second-order valence-electron chi connectivity index (χ2n) is 6.74. The fourth-order valence-corrected chi connectivity index (χ4v) is 4.03. The van der Waals surface area contributed by atoms with Gasteiger partial charge in [-0.1, -0.05) is 31.0 Å². The highest BCUT2D eigenvalue weighted by molar-refractivity contribution is 5.30. The third-order valence-corrected chi connectivity index (χ3v) is 5.23. The molecule has 0 radical (unpaired) electrons. The summed E-state index contributed by atoms with van der Waals surface area (Å²) >= 11 is 0. The van der Waals surface area contributed by atoms with Crippen LogP contribution in [0.15, 0.2) is 30.3 Å². The molecule has 24 heavy (non-hydrogen) atoms. The molecular formula is C18H25N5O. The molecule has 2 aromatic rings. The molecule has 4 rings (SSSR count). The zero-order valence-corrected chi connectivity index (χ0v) is 14.0. The van der Waals surface area contributed by atoms with Gasteiger partial charge < -0.3 is 4.74 Å². The molecule has 0 bridgehead atoms. The Hall–Kier alpha value is -1.79. The summed E-state index contributed by atoms with van der Waals surface area (Å²) in [6.07, 6.45) is 7.61. The van der Waals surface area contributed by atoms with Crippen LogP contribution < -0.4 is 0 Å². The second kappa shape index (κ2) is 7.40. The Morgan fingerprint density at radius 2 is 2.00 bits per heavy atom. The zero-order valence-electron chi connectivity index (χ0n) is 14.0. The van der Waals surface area contributed by atoms with E-state index in [1.165, 1.54) is 25.7 Å². The fraction of sp³-hybridized carbons (Fsp3) is 0.611. The number of rotatable bonds is 5. The zero-order chi connectivity index (χ0) is 16.2. The maximum Gasteiger partial charge on any atom is 0.156 e. The third kappa shape index (κ3) is 3.35. The van der Waals surface area contributed by atoms with Crippen LogP contribution in [0.1, 0.15) is 37.9 Å². The molecule has 2 heterocycles. The van der Waals surface area contributed by atoms with Gasteiger partial charge in [0.15, 0.2) is 5.82 Å². The van der Waals surface area contributed by atoms with E-state index >= 15 is 0 Å².